The van der Waals surface area contributed by atoms with E-state index in [-0.39, 0.29) is 12.1 Å². The molecular weight excluding hydrogens is 326 g/mol. The predicted octanol–water partition coefficient (Wildman–Crippen LogP) is 1.68. The molecule has 2 aromatic heterocycles. The van der Waals surface area contributed by atoms with E-state index in [1.165, 1.54) is 17.7 Å². The van der Waals surface area contributed by atoms with Crippen LogP contribution in [0.5, 0.6) is 0 Å². The molecule has 0 radical (unpaired) electrons. The molecule has 9 heteroatoms. The lowest BCUT2D eigenvalue weighted by Crippen LogP contribution is -2.42. The fourth-order valence-electron chi connectivity index (χ4n) is 2.11. The summed E-state index contributed by atoms with van der Waals surface area (Å²) >= 11 is 1.46. The van der Waals surface area contributed by atoms with E-state index in [0.717, 1.165) is 15.6 Å². The largest absolute Gasteiger partial charge is 0.334 e. The number of urea groups is 1. The van der Waals surface area contributed by atoms with Crippen molar-refractivity contribution >= 4 is 17.4 Å². The first-order valence-corrected chi connectivity index (χ1v) is 8.27. The van der Waals surface area contributed by atoms with Crippen molar-refractivity contribution in [2.24, 2.45) is 0 Å². The van der Waals surface area contributed by atoms with Crippen molar-refractivity contribution in [3.63, 3.8) is 0 Å². The molecule has 0 saturated heterocycles. The third-order valence-corrected chi connectivity index (χ3v) is 4.17. The average molecular weight is 343 g/mol. The number of amides is 2. The Bertz CT molecular complexity index is 772. The molecule has 0 aliphatic carbocycles. The molecule has 0 bridgehead atoms. The zero-order valence-corrected chi connectivity index (χ0v) is 13.9. The van der Waals surface area contributed by atoms with Crippen LogP contribution in [0.2, 0.25) is 0 Å². The maximum Gasteiger partial charge on any atom is 0.315 e. The fourth-order valence-corrected chi connectivity index (χ4v) is 2.89. The number of rotatable bonds is 6. The Morgan fingerprint density at radius 3 is 2.88 bits per heavy atom. The van der Waals surface area contributed by atoms with Crippen molar-refractivity contribution in [2.45, 2.75) is 26.1 Å². The SMILES string of the molecule is C[C@@H](Cn1cncn1)NC(=O)NCc1nnc(-c2ccccc2)s1. The second-order valence-corrected chi connectivity index (χ2v) is 6.27. The van der Waals surface area contributed by atoms with Gasteiger partial charge in [0.15, 0.2) is 0 Å². The van der Waals surface area contributed by atoms with Crippen molar-refractivity contribution in [1.82, 2.24) is 35.6 Å². The van der Waals surface area contributed by atoms with Crippen LogP contribution in [0.15, 0.2) is 43.0 Å². The molecule has 2 amide bonds. The van der Waals surface area contributed by atoms with Crippen molar-refractivity contribution in [2.75, 3.05) is 0 Å². The molecule has 8 nitrogen and oxygen atoms in total. The van der Waals surface area contributed by atoms with Crippen LogP contribution in [0, 0.1) is 0 Å². The first-order valence-electron chi connectivity index (χ1n) is 7.45. The zero-order chi connectivity index (χ0) is 16.8. The van der Waals surface area contributed by atoms with Crippen LogP contribution in [0.1, 0.15) is 11.9 Å². The topological polar surface area (TPSA) is 97.6 Å². The molecule has 0 fully saturated rings. The highest BCUT2D eigenvalue weighted by Crippen LogP contribution is 2.22. The summed E-state index contributed by atoms with van der Waals surface area (Å²) in [4.78, 5) is 15.8. The van der Waals surface area contributed by atoms with E-state index >= 15 is 0 Å². The first kappa shape index (κ1) is 16.1. The van der Waals surface area contributed by atoms with Crippen LogP contribution in [0.4, 0.5) is 4.79 Å². The number of hydrogen-bond donors (Lipinski definition) is 2. The van der Waals surface area contributed by atoms with E-state index < -0.39 is 0 Å². The van der Waals surface area contributed by atoms with Gasteiger partial charge in [-0.2, -0.15) is 5.10 Å². The monoisotopic (exact) mass is 343 g/mol. The minimum atomic E-state index is -0.251. The standard InChI is InChI=1S/C15H17N7OS/c1-11(8-22-10-16-9-18-22)19-15(23)17-7-13-20-21-14(24-13)12-5-3-2-4-6-12/h2-6,9-11H,7-8H2,1H3,(H2,17,19,23)/t11-/m0/s1. The average Bonchev–Trinajstić information content (AvgIpc) is 3.25. The Morgan fingerprint density at radius 2 is 2.12 bits per heavy atom. The molecule has 24 heavy (non-hydrogen) atoms. The molecule has 1 atom stereocenters. The zero-order valence-electron chi connectivity index (χ0n) is 13.1. The van der Waals surface area contributed by atoms with Crippen molar-refractivity contribution in [3.05, 3.63) is 48.0 Å². The van der Waals surface area contributed by atoms with E-state index in [0.29, 0.717) is 13.1 Å². The summed E-state index contributed by atoms with van der Waals surface area (Å²) in [5.41, 5.74) is 1.02. The Hall–Kier alpha value is -2.81. The molecule has 3 rings (SSSR count). The molecule has 0 saturated carbocycles. The highest BCUT2D eigenvalue weighted by atomic mass is 32.1. The lowest BCUT2D eigenvalue weighted by atomic mass is 10.2. The highest BCUT2D eigenvalue weighted by Gasteiger charge is 2.10. The number of carbonyl (C=O) groups excluding carboxylic acids is 1. The van der Waals surface area contributed by atoms with E-state index in [2.05, 4.69) is 30.9 Å². The second-order valence-electron chi connectivity index (χ2n) is 5.21. The molecule has 3 aromatic rings. The molecule has 0 aliphatic heterocycles. The number of nitrogens with one attached hydrogen (secondary N) is 2. The quantitative estimate of drug-likeness (QED) is 0.710. The molecule has 2 heterocycles. The molecule has 124 valence electrons. The van der Waals surface area contributed by atoms with Gasteiger partial charge in [-0.3, -0.25) is 4.68 Å². The summed E-state index contributed by atoms with van der Waals surface area (Å²) in [6, 6.07) is 9.52. The summed E-state index contributed by atoms with van der Waals surface area (Å²) in [5, 5.41) is 19.5. The van der Waals surface area contributed by atoms with Crippen LogP contribution in [0.3, 0.4) is 0 Å². The molecule has 0 spiro atoms. The van der Waals surface area contributed by atoms with Gasteiger partial charge < -0.3 is 10.6 Å². The van der Waals surface area contributed by atoms with Gasteiger partial charge in [-0.15, -0.1) is 10.2 Å². The Kier molecular flexibility index (Phi) is 5.12. The van der Waals surface area contributed by atoms with Crippen LogP contribution < -0.4 is 10.6 Å². The minimum absolute atomic E-state index is 0.0685. The van der Waals surface area contributed by atoms with Gasteiger partial charge in [-0.25, -0.2) is 9.78 Å². The van der Waals surface area contributed by atoms with Gasteiger partial charge in [0.05, 0.1) is 13.1 Å². The summed E-state index contributed by atoms with van der Waals surface area (Å²) in [5.74, 6) is 0. The van der Waals surface area contributed by atoms with E-state index in [1.807, 2.05) is 37.3 Å². The summed E-state index contributed by atoms with van der Waals surface area (Å²) in [7, 11) is 0. The molecule has 0 aliphatic rings. The van der Waals surface area contributed by atoms with E-state index in [1.54, 1.807) is 11.0 Å². The van der Waals surface area contributed by atoms with Gasteiger partial charge in [0.1, 0.15) is 22.7 Å². The van der Waals surface area contributed by atoms with Gasteiger partial charge >= 0.3 is 6.03 Å². The molecular formula is C15H17N7OS. The Morgan fingerprint density at radius 1 is 1.29 bits per heavy atom. The molecule has 0 unspecified atom stereocenters. The van der Waals surface area contributed by atoms with Crippen LogP contribution in [0.25, 0.3) is 10.6 Å². The summed E-state index contributed by atoms with van der Waals surface area (Å²) in [6.07, 6.45) is 3.08. The first-order chi connectivity index (χ1) is 11.7. The lowest BCUT2D eigenvalue weighted by Gasteiger charge is -2.13. The van der Waals surface area contributed by atoms with Gasteiger partial charge in [0, 0.05) is 11.6 Å². The number of hydrogen-bond acceptors (Lipinski definition) is 6. The van der Waals surface area contributed by atoms with Crippen molar-refractivity contribution in [3.8, 4) is 10.6 Å². The van der Waals surface area contributed by atoms with Crippen LogP contribution in [-0.4, -0.2) is 37.0 Å². The smallest absolute Gasteiger partial charge is 0.315 e. The number of carbonyl (C=O) groups is 1. The van der Waals surface area contributed by atoms with Gasteiger partial charge in [-0.1, -0.05) is 41.7 Å². The maximum atomic E-state index is 11.9. The van der Waals surface area contributed by atoms with Gasteiger partial charge in [0.25, 0.3) is 0 Å². The highest BCUT2D eigenvalue weighted by molar-refractivity contribution is 7.14. The number of nitrogens with zero attached hydrogens (tertiary/aromatic N) is 5. The predicted molar refractivity (Wildman–Crippen MR) is 90.2 cm³/mol. The number of aromatic nitrogens is 5. The fraction of sp³-hybridized carbons (Fsp3) is 0.267. The number of benzene rings is 1. The summed E-state index contributed by atoms with van der Waals surface area (Å²) < 4.78 is 1.67. The van der Waals surface area contributed by atoms with Crippen LogP contribution >= 0.6 is 11.3 Å². The van der Waals surface area contributed by atoms with Crippen molar-refractivity contribution < 1.29 is 4.79 Å². The van der Waals surface area contributed by atoms with E-state index in [9.17, 15) is 4.79 Å². The van der Waals surface area contributed by atoms with Gasteiger partial charge in [0.2, 0.25) is 0 Å². The molecule has 2 N–H and O–H groups in total. The Labute approximate surface area is 143 Å². The molecule has 1 aromatic carbocycles. The van der Waals surface area contributed by atoms with Crippen LogP contribution in [-0.2, 0) is 13.1 Å². The Balaban J connectivity index is 1.47. The van der Waals surface area contributed by atoms with E-state index in [4.69, 9.17) is 0 Å². The third-order valence-electron chi connectivity index (χ3n) is 3.19. The minimum Gasteiger partial charge on any atom is -0.334 e. The second kappa shape index (κ2) is 7.64. The maximum absolute atomic E-state index is 11.9. The third kappa shape index (κ3) is 4.35. The normalized spacial score (nSPS) is 11.9. The van der Waals surface area contributed by atoms with Gasteiger partial charge in [-0.05, 0) is 6.92 Å². The lowest BCUT2D eigenvalue weighted by molar-refractivity contribution is 0.235. The van der Waals surface area contributed by atoms with Crippen molar-refractivity contribution in [1.29, 1.82) is 0 Å². The summed E-state index contributed by atoms with van der Waals surface area (Å²) in [6.45, 7) is 2.80.